The van der Waals surface area contributed by atoms with Crippen LogP contribution >= 0.6 is 34.4 Å². The molecule has 0 amide bonds. The average Bonchev–Trinajstić information content (AvgIpc) is 3.23. The molecule has 4 aromatic rings. The molecule has 0 aliphatic heterocycles. The smallest absolute Gasteiger partial charge is 0.198 e. The number of hydrogen-bond donors (Lipinski definition) is 0. The molecule has 0 saturated carbocycles. The van der Waals surface area contributed by atoms with Gasteiger partial charge in [0.2, 0.25) is 0 Å². The van der Waals surface area contributed by atoms with Gasteiger partial charge >= 0.3 is 0 Å². The van der Waals surface area contributed by atoms with Gasteiger partial charge in [-0.1, -0.05) is 18.2 Å². The van der Waals surface area contributed by atoms with Crippen molar-refractivity contribution in [1.82, 2.24) is 19.7 Å². The lowest BCUT2D eigenvalue weighted by atomic mass is 10.3. The van der Waals surface area contributed by atoms with Gasteiger partial charge in [-0.3, -0.25) is 0 Å². The van der Waals surface area contributed by atoms with Crippen LogP contribution < -0.4 is 0 Å². The molecule has 0 fully saturated rings. The fraction of sp³-hybridized carbons (Fsp3) is 0.133. The van der Waals surface area contributed by atoms with Crippen LogP contribution in [0.1, 0.15) is 10.7 Å². The summed E-state index contributed by atoms with van der Waals surface area (Å²) < 4.78 is 4.25. The third-order valence-corrected chi connectivity index (χ3v) is 6.30. The molecule has 110 valence electrons. The van der Waals surface area contributed by atoms with Gasteiger partial charge in [-0.2, -0.15) is 0 Å². The highest BCUT2D eigenvalue weighted by Gasteiger charge is 2.13. The van der Waals surface area contributed by atoms with Gasteiger partial charge in [-0.05, 0) is 35.3 Å². The van der Waals surface area contributed by atoms with Crippen LogP contribution in [0.3, 0.4) is 0 Å². The molecule has 0 N–H and O–H groups in total. The summed E-state index contributed by atoms with van der Waals surface area (Å²) in [4.78, 5) is 5.93. The normalized spacial score (nSPS) is 11.3. The quantitative estimate of drug-likeness (QED) is 0.556. The second kappa shape index (κ2) is 5.83. The van der Waals surface area contributed by atoms with Crippen molar-refractivity contribution in [2.45, 2.75) is 15.9 Å². The Morgan fingerprint density at radius 1 is 1.14 bits per heavy atom. The molecule has 4 rings (SSSR count). The average molecular weight is 344 g/mol. The first-order chi connectivity index (χ1) is 10.8. The number of fused-ring (bicyclic) bond motifs is 1. The third kappa shape index (κ3) is 2.67. The fourth-order valence-corrected chi connectivity index (χ4v) is 4.81. The zero-order valence-corrected chi connectivity index (χ0v) is 14.2. The highest BCUT2D eigenvalue weighted by atomic mass is 32.2. The highest BCUT2D eigenvalue weighted by Crippen LogP contribution is 2.33. The summed E-state index contributed by atoms with van der Waals surface area (Å²) in [7, 11) is 2.01. The van der Waals surface area contributed by atoms with Gasteiger partial charge in [0, 0.05) is 18.3 Å². The van der Waals surface area contributed by atoms with Crippen molar-refractivity contribution in [1.29, 1.82) is 0 Å². The van der Waals surface area contributed by atoms with Crippen LogP contribution in [0.4, 0.5) is 0 Å². The van der Waals surface area contributed by atoms with E-state index in [0.717, 1.165) is 27.3 Å². The molecule has 3 heterocycles. The molecular formula is C15H12N4S3. The topological polar surface area (TPSA) is 43.6 Å². The van der Waals surface area contributed by atoms with Crippen LogP contribution in [0.5, 0.6) is 0 Å². The Balaban J connectivity index is 1.59. The molecule has 1 aromatic carbocycles. The van der Waals surface area contributed by atoms with Crippen LogP contribution in [0, 0.1) is 0 Å². The first kappa shape index (κ1) is 13.9. The van der Waals surface area contributed by atoms with Crippen LogP contribution in [0.2, 0.25) is 0 Å². The van der Waals surface area contributed by atoms with Crippen molar-refractivity contribution >= 4 is 44.7 Å². The minimum atomic E-state index is 0.821. The van der Waals surface area contributed by atoms with Gasteiger partial charge in [0.25, 0.3) is 0 Å². The van der Waals surface area contributed by atoms with E-state index in [9.17, 15) is 0 Å². The summed E-state index contributed by atoms with van der Waals surface area (Å²) in [6.07, 6.45) is 0.821. The largest absolute Gasteiger partial charge is 0.309 e. The molecule has 3 aromatic heterocycles. The number of thiophene rings is 1. The number of thiazole rings is 1. The molecule has 7 heteroatoms. The molecule has 22 heavy (non-hydrogen) atoms. The number of para-hydroxylation sites is 1. The highest BCUT2D eigenvalue weighted by molar-refractivity contribution is 8.01. The molecule has 0 aliphatic carbocycles. The lowest BCUT2D eigenvalue weighted by Gasteiger charge is -2.00. The van der Waals surface area contributed by atoms with Gasteiger partial charge < -0.3 is 4.57 Å². The van der Waals surface area contributed by atoms with E-state index in [1.54, 1.807) is 34.4 Å². The summed E-state index contributed by atoms with van der Waals surface area (Å²) in [5.41, 5.74) is 1.04. The first-order valence-corrected chi connectivity index (χ1v) is 9.25. The first-order valence-electron chi connectivity index (χ1n) is 6.73. The van der Waals surface area contributed by atoms with Crippen molar-refractivity contribution in [3.05, 3.63) is 52.5 Å². The van der Waals surface area contributed by atoms with Crippen molar-refractivity contribution in [3.8, 4) is 0 Å². The Labute approximate surface area is 139 Å². The maximum Gasteiger partial charge on any atom is 0.198 e. The molecular weight excluding hydrogens is 332 g/mol. The fourth-order valence-electron chi connectivity index (χ4n) is 2.13. The summed E-state index contributed by atoms with van der Waals surface area (Å²) in [5, 5.41) is 11.6. The van der Waals surface area contributed by atoms with E-state index in [-0.39, 0.29) is 0 Å². The Kier molecular flexibility index (Phi) is 3.69. The molecule has 0 atom stereocenters. The van der Waals surface area contributed by atoms with Crippen molar-refractivity contribution in [3.63, 3.8) is 0 Å². The summed E-state index contributed by atoms with van der Waals surface area (Å²) in [6, 6.07) is 12.4. The van der Waals surface area contributed by atoms with E-state index < -0.39 is 0 Å². The monoisotopic (exact) mass is 344 g/mol. The molecule has 0 aliphatic rings. The summed E-state index contributed by atoms with van der Waals surface area (Å²) in [5.74, 6) is 0.978. The Bertz CT molecular complexity index is 875. The predicted molar refractivity (Wildman–Crippen MR) is 91.9 cm³/mol. The number of hydrogen-bond acceptors (Lipinski definition) is 6. The van der Waals surface area contributed by atoms with Gasteiger partial charge in [0.15, 0.2) is 9.50 Å². The molecule has 0 spiro atoms. The van der Waals surface area contributed by atoms with E-state index in [1.165, 1.54) is 9.58 Å². The number of benzene rings is 1. The minimum absolute atomic E-state index is 0.821. The predicted octanol–water partition coefficient (Wildman–Crippen LogP) is 4.23. The van der Waals surface area contributed by atoms with Crippen molar-refractivity contribution in [2.75, 3.05) is 0 Å². The van der Waals surface area contributed by atoms with Gasteiger partial charge in [-0.25, -0.2) is 4.98 Å². The third-order valence-electron chi connectivity index (χ3n) is 3.29. The standard InChI is InChI=1S/C15H12N4S3/c1-19-13(9-10-5-4-8-20-10)17-18-14(19)22-15-16-11-6-2-3-7-12(11)21-15/h2-8H,9H2,1H3. The van der Waals surface area contributed by atoms with E-state index in [0.29, 0.717) is 0 Å². The zero-order chi connectivity index (χ0) is 14.9. The zero-order valence-electron chi connectivity index (χ0n) is 11.8. The van der Waals surface area contributed by atoms with Crippen LogP contribution in [-0.4, -0.2) is 19.7 Å². The maximum absolute atomic E-state index is 4.64. The van der Waals surface area contributed by atoms with E-state index in [4.69, 9.17) is 0 Å². The molecule has 0 radical (unpaired) electrons. The van der Waals surface area contributed by atoms with Crippen molar-refractivity contribution in [2.24, 2.45) is 7.05 Å². The second-order valence-electron chi connectivity index (χ2n) is 4.76. The summed E-state index contributed by atoms with van der Waals surface area (Å²) >= 11 is 5.01. The molecule has 4 nitrogen and oxygen atoms in total. The Hall–Kier alpha value is -1.70. The van der Waals surface area contributed by atoms with E-state index >= 15 is 0 Å². The van der Waals surface area contributed by atoms with E-state index in [2.05, 4.69) is 43.3 Å². The number of rotatable bonds is 4. The lowest BCUT2D eigenvalue weighted by molar-refractivity contribution is 0.751. The second-order valence-corrected chi connectivity index (χ2v) is 8.04. The number of aromatic nitrogens is 4. The number of nitrogens with zero attached hydrogens (tertiary/aromatic N) is 4. The van der Waals surface area contributed by atoms with Crippen LogP contribution in [-0.2, 0) is 13.5 Å². The van der Waals surface area contributed by atoms with E-state index in [1.807, 2.05) is 25.2 Å². The maximum atomic E-state index is 4.64. The Morgan fingerprint density at radius 2 is 2.05 bits per heavy atom. The Morgan fingerprint density at radius 3 is 2.86 bits per heavy atom. The van der Waals surface area contributed by atoms with Gasteiger partial charge in [-0.15, -0.1) is 32.9 Å². The molecule has 0 unspecified atom stereocenters. The molecule has 0 saturated heterocycles. The van der Waals surface area contributed by atoms with Gasteiger partial charge in [0.05, 0.1) is 10.2 Å². The summed E-state index contributed by atoms with van der Waals surface area (Å²) in [6.45, 7) is 0. The van der Waals surface area contributed by atoms with Gasteiger partial charge in [0.1, 0.15) is 5.82 Å². The molecule has 0 bridgehead atoms. The lowest BCUT2D eigenvalue weighted by Crippen LogP contribution is -1.99. The van der Waals surface area contributed by atoms with Crippen molar-refractivity contribution < 1.29 is 0 Å². The van der Waals surface area contributed by atoms with Crippen LogP contribution in [0.25, 0.3) is 10.2 Å². The minimum Gasteiger partial charge on any atom is -0.309 e. The van der Waals surface area contributed by atoms with Crippen LogP contribution in [0.15, 0.2) is 51.3 Å². The SMILES string of the molecule is Cn1c(Cc2cccs2)nnc1Sc1nc2ccccc2s1.